The molecule has 30 atom stereocenters. The van der Waals surface area contributed by atoms with Crippen LogP contribution in [0.15, 0.2) is 0 Å². The number of hydrogen-bond acceptors (Lipinski definition) is 37. The van der Waals surface area contributed by atoms with E-state index in [0.717, 1.165) is 0 Å². The van der Waals surface area contributed by atoms with Gasteiger partial charge in [-0.2, -0.15) is 0 Å². The number of hydrazine groups is 1. The van der Waals surface area contributed by atoms with Gasteiger partial charge in [-0.3, -0.25) is 34.3 Å². The molecule has 0 aromatic carbocycles. The van der Waals surface area contributed by atoms with E-state index < -0.39 is 265 Å². The first kappa shape index (κ1) is 74.0. The molecule has 6 aliphatic rings. The summed E-state index contributed by atoms with van der Waals surface area (Å²) in [4.78, 5) is 64.9. The van der Waals surface area contributed by atoms with E-state index in [1.54, 1.807) is 0 Å². The summed E-state index contributed by atoms with van der Waals surface area (Å²) in [5.41, 5.74) is 4.06. The second-order valence-corrected chi connectivity index (χ2v) is 22.9. The summed E-state index contributed by atoms with van der Waals surface area (Å²) in [6.45, 7) is -7.36. The van der Waals surface area contributed by atoms with Crippen LogP contribution in [0.2, 0.25) is 0 Å². The average Bonchev–Trinajstić information content (AvgIpc) is 1.28. The Morgan fingerprint density at radius 1 is 0.391 bits per heavy atom. The van der Waals surface area contributed by atoms with Gasteiger partial charge in [-0.15, -0.1) is 0 Å². The minimum Gasteiger partial charge on any atom is -0.394 e. The van der Waals surface area contributed by atoms with Crippen LogP contribution in [0.3, 0.4) is 0 Å². The summed E-state index contributed by atoms with van der Waals surface area (Å²) in [6, 6.07) is 0. The van der Waals surface area contributed by atoms with Gasteiger partial charge in [-0.25, -0.2) is 15.0 Å². The number of ether oxygens (including phenoxy) is 12. The van der Waals surface area contributed by atoms with Crippen LogP contribution in [0, 0.1) is 0 Å². The van der Waals surface area contributed by atoms with Crippen LogP contribution in [0.1, 0.15) is 12.8 Å². The minimum absolute atomic E-state index is 0.197. The summed E-state index contributed by atoms with van der Waals surface area (Å²) < 4.78 is 99.4. The Morgan fingerprint density at radius 3 is 1.21 bits per heavy atom. The Bertz CT molecular complexity index is 2230. The van der Waals surface area contributed by atoms with Crippen molar-refractivity contribution in [3.8, 4) is 0 Å². The molecule has 6 rings (SSSR count). The van der Waals surface area contributed by atoms with E-state index in [9.17, 15) is 115 Å². The topological polar surface area (TPSA) is 682 Å². The van der Waals surface area contributed by atoms with Crippen LogP contribution in [0.5, 0.6) is 0 Å². The molecular formula is C42H75N3O40P2. The van der Waals surface area contributed by atoms with Crippen molar-refractivity contribution >= 4 is 27.5 Å². The number of phosphoric ester groups is 2. The number of phosphoric acid groups is 2. The first-order valence-electron chi connectivity index (χ1n) is 26.3. The molecule has 25 N–H and O–H groups in total. The van der Waals surface area contributed by atoms with Crippen molar-refractivity contribution in [3.63, 3.8) is 0 Å². The van der Waals surface area contributed by atoms with Crippen molar-refractivity contribution in [3.05, 3.63) is 0 Å². The average molecular weight is 1320 g/mol. The zero-order valence-corrected chi connectivity index (χ0v) is 46.8. The maximum Gasteiger partial charge on any atom is 0.469 e. The number of nitrogens with one attached hydrogen (secondary N) is 2. The Hall–Kier alpha value is -2.08. The van der Waals surface area contributed by atoms with E-state index in [2.05, 4.69) is 19.3 Å². The van der Waals surface area contributed by atoms with Crippen LogP contribution < -0.4 is 16.7 Å². The maximum absolute atomic E-state index is 12.4. The lowest BCUT2D eigenvalue weighted by Crippen LogP contribution is -2.67. The Labute approximate surface area is 489 Å². The Morgan fingerprint density at radius 2 is 0.747 bits per heavy atom. The van der Waals surface area contributed by atoms with Crippen molar-refractivity contribution < 1.29 is 196 Å². The highest BCUT2D eigenvalue weighted by Gasteiger charge is 2.57. The van der Waals surface area contributed by atoms with Gasteiger partial charge in [0.25, 0.3) is 5.91 Å². The lowest BCUT2D eigenvalue weighted by Gasteiger charge is -2.48. The third-order valence-electron chi connectivity index (χ3n) is 14.2. The number of carbonyl (C=O) groups is 2. The fourth-order valence-corrected chi connectivity index (χ4v) is 10.1. The molecule has 0 spiro atoms. The van der Waals surface area contributed by atoms with Gasteiger partial charge in [0.1, 0.15) is 153 Å². The summed E-state index contributed by atoms with van der Waals surface area (Å²) in [7, 11) is -10.5. The van der Waals surface area contributed by atoms with Crippen LogP contribution in [0.4, 0.5) is 0 Å². The summed E-state index contributed by atoms with van der Waals surface area (Å²) in [5, 5.41) is 184. The number of hydrogen-bond donors (Lipinski definition) is 24. The van der Waals surface area contributed by atoms with Crippen molar-refractivity contribution in [2.75, 3.05) is 52.9 Å². The molecule has 6 aliphatic heterocycles. The first-order chi connectivity index (χ1) is 40.8. The molecule has 0 aliphatic carbocycles. The predicted molar refractivity (Wildman–Crippen MR) is 260 cm³/mol. The standard InChI is InChI=1S/C42H75N3O40P2/c43-74-10-18(49)45-44-17(48)2-1-3-71-38-33(64)34(83-42-36(29(60)20(51)12(5-47)78-42)85-40-32(63)27(58)23(54)16(82-40)9-76-87(68,69)70)24(55)14(80-38)7-72-37-30(61)25(56)21(52)13(79-37)6-73-41-35(28(59)19(50)11(4-46)77-41)84-39-31(62)26(57)22(53)15(81-39)8-75-86(65,66)67/h11-16,19-42,46-47,50-64H,1-10,43H2,(H,44,48)(H,45,49)(H2,65,66,67)(H2,68,69,70)/t11?,12?,13?,14?,15?,16?,19-,20-,21-,22-,23-,24-,25-,26-,27-,28-,29-,30?,31?,32?,33?,34-,35?,36?,37+,38+,39-,40-,41+,42-/m0/s1. The van der Waals surface area contributed by atoms with Crippen molar-refractivity contribution in [2.45, 2.75) is 197 Å². The fraction of sp³-hybridized carbons (Fsp3) is 0.952. The van der Waals surface area contributed by atoms with Gasteiger partial charge in [0.15, 0.2) is 37.7 Å². The summed E-state index contributed by atoms with van der Waals surface area (Å²) in [6.07, 6.45) is -62.6. The number of nitrogens with two attached hydrogens (primary N) is 1. The second-order valence-electron chi connectivity index (χ2n) is 20.4. The lowest BCUT2D eigenvalue weighted by atomic mass is 9.96. The summed E-state index contributed by atoms with van der Waals surface area (Å²) >= 11 is 0. The molecule has 0 radical (unpaired) electrons. The van der Waals surface area contributed by atoms with Gasteiger partial charge in [-0.1, -0.05) is 0 Å². The highest BCUT2D eigenvalue weighted by molar-refractivity contribution is 7.46. The number of aliphatic hydroxyl groups is 17. The van der Waals surface area contributed by atoms with E-state index in [1.165, 1.54) is 0 Å². The van der Waals surface area contributed by atoms with Gasteiger partial charge in [0, 0.05) is 6.42 Å². The van der Waals surface area contributed by atoms with Gasteiger partial charge in [0.2, 0.25) is 5.91 Å². The molecule has 0 bridgehead atoms. The number of aliphatic hydroxyl groups excluding tert-OH is 17. The zero-order chi connectivity index (χ0) is 64.6. The maximum atomic E-state index is 12.4. The fourth-order valence-electron chi connectivity index (χ4n) is 9.44. The highest BCUT2D eigenvalue weighted by atomic mass is 31.2. The van der Waals surface area contributed by atoms with Gasteiger partial charge >= 0.3 is 15.6 Å². The largest absolute Gasteiger partial charge is 0.469 e. The van der Waals surface area contributed by atoms with E-state index >= 15 is 0 Å². The van der Waals surface area contributed by atoms with Crippen LogP contribution >= 0.6 is 15.6 Å². The molecule has 2 amide bonds. The van der Waals surface area contributed by atoms with Gasteiger partial charge < -0.3 is 163 Å². The molecule has 6 fully saturated rings. The summed E-state index contributed by atoms with van der Waals surface area (Å²) in [5.74, 6) is 3.21. The monoisotopic (exact) mass is 1320 g/mol. The van der Waals surface area contributed by atoms with Crippen molar-refractivity contribution in [1.82, 2.24) is 10.9 Å². The molecule has 6 heterocycles. The van der Waals surface area contributed by atoms with E-state index in [0.29, 0.717) is 0 Å². The van der Waals surface area contributed by atoms with Gasteiger partial charge in [0.05, 0.1) is 46.2 Å². The number of rotatable bonds is 27. The second kappa shape index (κ2) is 32.7. The molecule has 0 aromatic heterocycles. The molecule has 43 nitrogen and oxygen atoms in total. The predicted octanol–water partition coefficient (Wildman–Crippen LogP) is -15.0. The highest BCUT2D eigenvalue weighted by Crippen LogP contribution is 2.40. The number of amides is 2. The van der Waals surface area contributed by atoms with Crippen LogP contribution in [0.25, 0.3) is 0 Å². The van der Waals surface area contributed by atoms with E-state index in [4.69, 9.17) is 72.5 Å². The van der Waals surface area contributed by atoms with Crippen LogP contribution in [-0.4, -0.2) is 355 Å². The van der Waals surface area contributed by atoms with E-state index in [-0.39, 0.29) is 12.8 Å². The third-order valence-corrected chi connectivity index (χ3v) is 15.2. The van der Waals surface area contributed by atoms with Crippen molar-refractivity contribution in [2.24, 2.45) is 5.90 Å². The Kier molecular flexibility index (Phi) is 27.8. The smallest absolute Gasteiger partial charge is 0.394 e. The zero-order valence-electron chi connectivity index (χ0n) is 45.0. The molecule has 45 heteroatoms. The lowest BCUT2D eigenvalue weighted by molar-refractivity contribution is -0.391. The minimum atomic E-state index is -5.25. The SMILES string of the molecule is NOCC(=O)NNC(=O)CCCO[C@@H]1OC(CO[C@@H]2OC(CO[C@@H]3OC(CO)[C@H](O)[C@H](O)C3O[C@@H]3OC(COP(=O)(O)O)[C@H](O)[C@H](O)C3O)[C@H](O)[C@H](O)C2O)[C@H](O)[C@H](O[C@@H]2OC(CO)[C@H](O)[C@H](O)C2O[C@@H]2OC(COP(=O)(O)O)[C@H](O)[C@H](O)C2O)C1O. The molecule has 0 aromatic rings. The first-order valence-corrected chi connectivity index (χ1v) is 29.3. The molecule has 508 valence electrons. The van der Waals surface area contributed by atoms with E-state index in [1.807, 2.05) is 5.43 Å². The molecule has 87 heavy (non-hydrogen) atoms. The van der Waals surface area contributed by atoms with Gasteiger partial charge in [-0.05, 0) is 6.42 Å². The molecule has 0 saturated carbocycles. The third kappa shape index (κ3) is 19.3. The normalized spacial score (nSPS) is 44.1. The van der Waals surface area contributed by atoms with Crippen molar-refractivity contribution in [1.29, 1.82) is 0 Å². The molecular weight excluding hydrogens is 1250 g/mol. The quantitative estimate of drug-likeness (QED) is 0.0206. The molecule has 6 saturated heterocycles. The Balaban J connectivity index is 1.20. The number of carbonyl (C=O) groups excluding carboxylic acids is 2. The van der Waals surface area contributed by atoms with Crippen LogP contribution in [-0.2, 0) is 89.4 Å². The molecule has 12 unspecified atom stereocenters.